The number of carbonyl (C=O) groups excluding carboxylic acids is 1. The van der Waals surface area contributed by atoms with E-state index in [0.717, 1.165) is 0 Å². The number of H-pyrrole nitrogens is 1. The second-order valence-electron chi connectivity index (χ2n) is 6.46. The standard InChI is InChI=1S/C23H18N2O4/c1-29-21-11-12-24-19(21)13-17-22-15(3-2-4-18(22)25-23(17)28)7-10-20(27)14-5-8-16(26)9-6-14/h2-6,8-9,11-13,20,24,26-27H,1H3,(H,25,28). The molecule has 1 aromatic heterocycles. The summed E-state index contributed by atoms with van der Waals surface area (Å²) in [6.45, 7) is 0. The first kappa shape index (κ1) is 18.4. The summed E-state index contributed by atoms with van der Waals surface area (Å²) in [6.07, 6.45) is 2.44. The van der Waals surface area contributed by atoms with Crippen LogP contribution in [0.15, 0.2) is 54.7 Å². The molecule has 29 heavy (non-hydrogen) atoms. The Hall–Kier alpha value is -3.95. The summed E-state index contributed by atoms with van der Waals surface area (Å²) in [7, 11) is 1.56. The summed E-state index contributed by atoms with van der Waals surface area (Å²) in [4.78, 5) is 15.6. The molecule has 0 bridgehead atoms. The van der Waals surface area contributed by atoms with Crippen molar-refractivity contribution in [3.8, 4) is 23.3 Å². The maximum Gasteiger partial charge on any atom is 0.256 e. The highest BCUT2D eigenvalue weighted by atomic mass is 16.5. The zero-order valence-electron chi connectivity index (χ0n) is 15.6. The third kappa shape index (κ3) is 3.59. The number of rotatable bonds is 3. The molecule has 3 aromatic rings. The Labute approximate surface area is 167 Å². The Kier molecular flexibility index (Phi) is 4.82. The van der Waals surface area contributed by atoms with E-state index in [1.807, 2.05) is 6.07 Å². The van der Waals surface area contributed by atoms with E-state index in [4.69, 9.17) is 4.74 Å². The van der Waals surface area contributed by atoms with E-state index in [0.29, 0.717) is 39.4 Å². The van der Waals surface area contributed by atoms with Crippen molar-refractivity contribution in [1.29, 1.82) is 0 Å². The summed E-state index contributed by atoms with van der Waals surface area (Å²) in [5.74, 6) is 6.30. The van der Waals surface area contributed by atoms with Gasteiger partial charge in [-0.15, -0.1) is 0 Å². The molecule has 4 rings (SSSR count). The van der Waals surface area contributed by atoms with Gasteiger partial charge in [-0.25, -0.2) is 0 Å². The first-order valence-electron chi connectivity index (χ1n) is 8.93. The van der Waals surface area contributed by atoms with Gasteiger partial charge in [-0.1, -0.05) is 30.0 Å². The summed E-state index contributed by atoms with van der Waals surface area (Å²) >= 11 is 0. The molecule has 1 amide bonds. The van der Waals surface area contributed by atoms with Crippen molar-refractivity contribution in [2.75, 3.05) is 12.4 Å². The minimum atomic E-state index is -1.02. The summed E-state index contributed by atoms with van der Waals surface area (Å²) < 4.78 is 5.30. The third-order valence-corrected chi connectivity index (χ3v) is 4.63. The van der Waals surface area contributed by atoms with E-state index >= 15 is 0 Å². The highest BCUT2D eigenvalue weighted by Crippen LogP contribution is 2.36. The first-order chi connectivity index (χ1) is 14.1. The van der Waals surface area contributed by atoms with Crippen LogP contribution in [0.4, 0.5) is 5.69 Å². The number of ether oxygens (including phenoxy) is 1. The van der Waals surface area contributed by atoms with E-state index in [2.05, 4.69) is 22.1 Å². The van der Waals surface area contributed by atoms with Gasteiger partial charge in [0.1, 0.15) is 17.6 Å². The minimum absolute atomic E-state index is 0.119. The second-order valence-corrected chi connectivity index (χ2v) is 6.46. The fraction of sp³-hybridized carbons (Fsp3) is 0.0870. The third-order valence-electron chi connectivity index (χ3n) is 4.63. The van der Waals surface area contributed by atoms with Gasteiger partial charge in [-0.2, -0.15) is 0 Å². The largest absolute Gasteiger partial charge is 0.508 e. The molecule has 2 aromatic carbocycles. The van der Waals surface area contributed by atoms with Crippen LogP contribution in [0.2, 0.25) is 0 Å². The van der Waals surface area contributed by atoms with Gasteiger partial charge in [0, 0.05) is 17.3 Å². The van der Waals surface area contributed by atoms with Crippen molar-refractivity contribution >= 4 is 23.2 Å². The molecule has 4 N–H and O–H groups in total. The second kappa shape index (κ2) is 7.58. The van der Waals surface area contributed by atoms with Crippen LogP contribution < -0.4 is 10.1 Å². The SMILES string of the molecule is COc1cc[nH]c1C=C1C(=O)Nc2cccc(C#CC(O)c3ccc(O)cc3)c21. The molecule has 1 aliphatic heterocycles. The van der Waals surface area contributed by atoms with Crippen molar-refractivity contribution in [2.45, 2.75) is 6.10 Å². The lowest BCUT2D eigenvalue weighted by molar-refractivity contribution is -0.110. The number of nitrogens with one attached hydrogen (secondary N) is 2. The van der Waals surface area contributed by atoms with Gasteiger partial charge in [0.05, 0.1) is 24.1 Å². The van der Waals surface area contributed by atoms with Gasteiger partial charge in [0.2, 0.25) is 0 Å². The number of aromatic nitrogens is 1. The Morgan fingerprint density at radius 2 is 1.93 bits per heavy atom. The van der Waals surface area contributed by atoms with E-state index in [1.54, 1.807) is 49.7 Å². The molecule has 6 nitrogen and oxygen atoms in total. The molecule has 1 aliphatic rings. The maximum atomic E-state index is 12.5. The number of amides is 1. The molecule has 144 valence electrons. The number of benzene rings is 2. The van der Waals surface area contributed by atoms with Gasteiger partial charge in [0.15, 0.2) is 0 Å². The van der Waals surface area contributed by atoms with Gasteiger partial charge < -0.3 is 25.3 Å². The van der Waals surface area contributed by atoms with Crippen molar-refractivity contribution in [3.63, 3.8) is 0 Å². The number of aliphatic hydroxyl groups is 1. The summed E-state index contributed by atoms with van der Waals surface area (Å²) in [5, 5.41) is 22.6. The van der Waals surface area contributed by atoms with E-state index in [1.165, 1.54) is 12.1 Å². The first-order valence-corrected chi connectivity index (χ1v) is 8.93. The van der Waals surface area contributed by atoms with Gasteiger partial charge in [-0.05, 0) is 42.0 Å². The Morgan fingerprint density at radius 1 is 1.14 bits per heavy atom. The van der Waals surface area contributed by atoms with Crippen LogP contribution in [0.3, 0.4) is 0 Å². The number of aromatic amines is 1. The number of carbonyl (C=O) groups is 1. The molecule has 0 saturated carbocycles. The summed E-state index contributed by atoms with van der Waals surface area (Å²) in [5.41, 5.74) is 3.68. The smallest absolute Gasteiger partial charge is 0.256 e. The molecule has 0 spiro atoms. The maximum absolute atomic E-state index is 12.5. The Morgan fingerprint density at radius 3 is 2.69 bits per heavy atom. The van der Waals surface area contributed by atoms with Crippen LogP contribution in [-0.2, 0) is 4.79 Å². The average molecular weight is 386 g/mol. The minimum Gasteiger partial charge on any atom is -0.508 e. The molecule has 0 aliphatic carbocycles. The van der Waals surface area contributed by atoms with Crippen molar-refractivity contribution in [2.24, 2.45) is 0 Å². The van der Waals surface area contributed by atoms with Crippen LogP contribution in [0.25, 0.3) is 11.6 Å². The number of hydrogen-bond acceptors (Lipinski definition) is 4. The summed E-state index contributed by atoms with van der Waals surface area (Å²) in [6, 6.07) is 13.4. The molecule has 1 atom stereocenters. The predicted octanol–water partition coefficient (Wildman–Crippen LogP) is 3.31. The highest BCUT2D eigenvalue weighted by molar-refractivity contribution is 6.35. The monoisotopic (exact) mass is 386 g/mol. The molecule has 0 radical (unpaired) electrons. The lowest BCUT2D eigenvalue weighted by Gasteiger charge is -2.05. The molecule has 0 saturated heterocycles. The van der Waals surface area contributed by atoms with Crippen molar-refractivity contribution in [1.82, 2.24) is 4.98 Å². The lowest BCUT2D eigenvalue weighted by Crippen LogP contribution is -2.03. The molecular weight excluding hydrogens is 368 g/mol. The van der Waals surface area contributed by atoms with Crippen LogP contribution >= 0.6 is 0 Å². The number of hydrogen-bond donors (Lipinski definition) is 4. The van der Waals surface area contributed by atoms with E-state index in [9.17, 15) is 15.0 Å². The molecule has 6 heteroatoms. The number of fused-ring (bicyclic) bond motifs is 1. The zero-order chi connectivity index (χ0) is 20.4. The fourth-order valence-electron chi connectivity index (χ4n) is 3.18. The van der Waals surface area contributed by atoms with Crippen molar-refractivity contribution < 1.29 is 19.7 Å². The Balaban J connectivity index is 1.73. The molecular formula is C23H18N2O4. The van der Waals surface area contributed by atoms with Gasteiger partial charge in [-0.3, -0.25) is 4.79 Å². The number of aromatic hydroxyl groups is 1. The molecule has 1 unspecified atom stereocenters. The highest BCUT2D eigenvalue weighted by Gasteiger charge is 2.27. The molecule has 2 heterocycles. The zero-order valence-corrected chi connectivity index (χ0v) is 15.6. The number of anilines is 1. The number of phenolic OH excluding ortho intramolecular Hbond substituents is 1. The number of phenols is 1. The van der Waals surface area contributed by atoms with E-state index < -0.39 is 6.10 Å². The van der Waals surface area contributed by atoms with Gasteiger partial charge >= 0.3 is 0 Å². The number of methoxy groups -OCH3 is 1. The molecule has 0 fully saturated rings. The normalized spacial score (nSPS) is 14.7. The predicted molar refractivity (Wildman–Crippen MR) is 110 cm³/mol. The van der Waals surface area contributed by atoms with E-state index in [-0.39, 0.29) is 11.7 Å². The topological polar surface area (TPSA) is 94.6 Å². The average Bonchev–Trinajstić information content (AvgIpc) is 3.31. The number of aliphatic hydroxyl groups excluding tert-OH is 1. The fourth-order valence-corrected chi connectivity index (χ4v) is 3.18. The van der Waals surface area contributed by atoms with Crippen LogP contribution in [-0.4, -0.2) is 28.2 Å². The lowest BCUT2D eigenvalue weighted by atomic mass is 9.99. The van der Waals surface area contributed by atoms with Crippen LogP contribution in [0, 0.1) is 11.8 Å². The van der Waals surface area contributed by atoms with Crippen LogP contribution in [0.1, 0.15) is 28.5 Å². The quantitative estimate of drug-likeness (QED) is 0.410. The van der Waals surface area contributed by atoms with Crippen molar-refractivity contribution in [3.05, 3.63) is 77.1 Å². The Bertz CT molecular complexity index is 1160. The van der Waals surface area contributed by atoms with Crippen LogP contribution in [0.5, 0.6) is 11.5 Å². The van der Waals surface area contributed by atoms with Gasteiger partial charge in [0.25, 0.3) is 5.91 Å².